The molecule has 4 N–H and O–H groups in total. The van der Waals surface area contributed by atoms with Crippen LogP contribution in [0.3, 0.4) is 0 Å². The highest BCUT2D eigenvalue weighted by atomic mass is 79.9. The third-order valence-electron chi connectivity index (χ3n) is 9.09. The molecule has 51 heavy (non-hydrogen) atoms. The molecule has 0 radical (unpaired) electrons. The Morgan fingerprint density at radius 2 is 1.39 bits per heavy atom. The predicted molar refractivity (Wildman–Crippen MR) is 202 cm³/mol. The number of methoxy groups -OCH3 is 2. The van der Waals surface area contributed by atoms with Gasteiger partial charge < -0.3 is 35.5 Å². The van der Waals surface area contributed by atoms with E-state index < -0.39 is 0 Å². The van der Waals surface area contributed by atoms with Gasteiger partial charge in [-0.2, -0.15) is 4.98 Å². The second kappa shape index (κ2) is 17.1. The summed E-state index contributed by atoms with van der Waals surface area (Å²) in [4.78, 5) is 27.6. The lowest BCUT2D eigenvalue weighted by atomic mass is 9.96. The molecule has 13 heteroatoms. The Hall–Kier alpha value is -3.87. The van der Waals surface area contributed by atoms with Gasteiger partial charge in [0.1, 0.15) is 12.4 Å². The molecule has 268 valence electrons. The third kappa shape index (κ3) is 8.96. The van der Waals surface area contributed by atoms with Crippen molar-refractivity contribution in [1.29, 1.82) is 0 Å². The molecule has 2 atom stereocenters. The maximum Gasteiger partial charge on any atom is 0.231 e. The summed E-state index contributed by atoms with van der Waals surface area (Å²) in [6.45, 7) is 2.65. The van der Waals surface area contributed by atoms with Crippen molar-refractivity contribution in [2.24, 2.45) is 0 Å². The Kier molecular flexibility index (Phi) is 12.4. The van der Waals surface area contributed by atoms with Crippen molar-refractivity contribution in [3.63, 3.8) is 0 Å². The Labute approximate surface area is 316 Å². The molecular weight excluding hydrogens is 757 g/mol. The smallest absolute Gasteiger partial charge is 0.231 e. The normalized spacial score (nSPS) is 17.0. The van der Waals surface area contributed by atoms with Crippen molar-refractivity contribution >= 4 is 50.9 Å². The van der Waals surface area contributed by atoms with Gasteiger partial charge >= 0.3 is 0 Å². The van der Waals surface area contributed by atoms with Crippen molar-refractivity contribution in [2.45, 2.75) is 57.5 Å². The molecule has 2 aliphatic heterocycles. The number of nitrogens with zero attached hydrogens (tertiary/aromatic N) is 1. The molecule has 0 unspecified atom stereocenters. The minimum Gasteiger partial charge on any atom is -0.496 e. The summed E-state index contributed by atoms with van der Waals surface area (Å²) in [7, 11) is 3.23. The lowest BCUT2D eigenvalue weighted by Crippen LogP contribution is -2.35. The van der Waals surface area contributed by atoms with Gasteiger partial charge in [-0.3, -0.25) is 9.59 Å². The van der Waals surface area contributed by atoms with Crippen LogP contribution in [0.2, 0.25) is 10.0 Å². The highest BCUT2D eigenvalue weighted by Crippen LogP contribution is 2.41. The van der Waals surface area contributed by atoms with Gasteiger partial charge in [-0.25, -0.2) is 0 Å². The van der Waals surface area contributed by atoms with Gasteiger partial charge in [-0.15, -0.1) is 0 Å². The number of pyridine rings is 1. The monoisotopic (exact) mass is 795 g/mol. The molecule has 0 aliphatic carbocycles. The maximum absolute atomic E-state index is 11.5. The third-order valence-corrected chi connectivity index (χ3v) is 10.5. The first kappa shape index (κ1) is 36.9. The van der Waals surface area contributed by atoms with E-state index in [1.807, 2.05) is 60.7 Å². The van der Waals surface area contributed by atoms with Crippen LogP contribution >= 0.6 is 39.1 Å². The van der Waals surface area contributed by atoms with E-state index in [1.54, 1.807) is 14.2 Å². The van der Waals surface area contributed by atoms with Crippen molar-refractivity contribution in [3.8, 4) is 39.8 Å². The second-order valence-corrected chi connectivity index (χ2v) is 14.2. The number of halogens is 3. The van der Waals surface area contributed by atoms with Crippen LogP contribution in [0.5, 0.6) is 17.5 Å². The number of amides is 2. The van der Waals surface area contributed by atoms with E-state index in [4.69, 9.17) is 37.4 Å². The number of benzene rings is 3. The summed E-state index contributed by atoms with van der Waals surface area (Å²) in [6, 6.07) is 19.9. The van der Waals surface area contributed by atoms with Crippen LogP contribution < -0.4 is 35.5 Å². The molecule has 1 aromatic heterocycles. The van der Waals surface area contributed by atoms with Crippen LogP contribution in [0.25, 0.3) is 22.3 Å². The molecule has 3 heterocycles. The Balaban J connectivity index is 1.14. The van der Waals surface area contributed by atoms with E-state index >= 15 is 0 Å². The van der Waals surface area contributed by atoms with Crippen LogP contribution in [0.4, 0.5) is 0 Å². The van der Waals surface area contributed by atoms with Gasteiger partial charge in [0.25, 0.3) is 0 Å². The number of nitrogens with one attached hydrogen (secondary N) is 4. The van der Waals surface area contributed by atoms with Crippen molar-refractivity contribution < 1.29 is 23.8 Å². The van der Waals surface area contributed by atoms with Crippen LogP contribution in [0.1, 0.15) is 42.4 Å². The molecule has 2 saturated heterocycles. The molecular formula is C38H40BrCl2N5O5. The van der Waals surface area contributed by atoms with E-state index in [1.165, 1.54) is 0 Å². The van der Waals surface area contributed by atoms with Gasteiger partial charge in [-0.1, -0.05) is 71.7 Å². The standard InChI is InChI=1S/C38H40BrCl2N5O5/c1-49-32-16-22(9-10-23(32)17-42-19-26-11-13-33(47)44-26)28-6-4-8-30(36(28)41)29-7-3-5-24(35(29)40)21-51-38-31(39)15-25(37(46-38)50-2)18-43-20-27-12-14-34(48)45-27/h3-10,15-16,26-27,42-43H,11-14,17-21H2,1-2H3,(H,44,47)(H,45,48)/t26-,27-/m0/s1. The molecule has 0 spiro atoms. The predicted octanol–water partition coefficient (Wildman–Crippen LogP) is 6.82. The second-order valence-electron chi connectivity index (χ2n) is 12.6. The summed E-state index contributed by atoms with van der Waals surface area (Å²) in [5.41, 5.74) is 5.96. The fourth-order valence-corrected chi connectivity index (χ4v) is 7.49. The first-order chi connectivity index (χ1) is 24.7. The first-order valence-electron chi connectivity index (χ1n) is 16.8. The van der Waals surface area contributed by atoms with Crippen molar-refractivity contribution in [3.05, 3.63) is 91.9 Å². The largest absolute Gasteiger partial charge is 0.496 e. The quantitative estimate of drug-likeness (QED) is 0.104. The average molecular weight is 798 g/mol. The first-order valence-corrected chi connectivity index (χ1v) is 18.4. The van der Waals surface area contributed by atoms with E-state index in [-0.39, 0.29) is 30.5 Å². The topological polar surface area (TPSA) is 123 Å². The SMILES string of the molecule is COc1cc(-c2cccc(-c3cccc(COc4nc(OC)c(CNC[C@@H]5CCC(=O)N5)cc4Br)c3Cl)c2Cl)ccc1CNC[C@@H]1CCC(=O)N1. The van der Waals surface area contributed by atoms with Crippen LogP contribution in [0.15, 0.2) is 65.1 Å². The van der Waals surface area contributed by atoms with Gasteiger partial charge in [0.05, 0.1) is 28.7 Å². The Morgan fingerprint density at radius 3 is 2.02 bits per heavy atom. The number of aromatic nitrogens is 1. The van der Waals surface area contributed by atoms with E-state index in [0.29, 0.717) is 65.3 Å². The van der Waals surface area contributed by atoms with Crippen molar-refractivity contribution in [1.82, 2.24) is 26.3 Å². The number of carbonyl (C=O) groups excluding carboxylic acids is 2. The fraction of sp³-hybridized carbons (Fsp3) is 0.342. The Morgan fingerprint density at radius 1 is 0.765 bits per heavy atom. The highest BCUT2D eigenvalue weighted by molar-refractivity contribution is 9.10. The van der Waals surface area contributed by atoms with E-state index in [9.17, 15) is 9.59 Å². The zero-order chi connectivity index (χ0) is 35.9. The number of rotatable bonds is 15. The summed E-state index contributed by atoms with van der Waals surface area (Å²) >= 11 is 17.7. The summed E-state index contributed by atoms with van der Waals surface area (Å²) in [5, 5.41) is 13.8. The van der Waals surface area contributed by atoms with Crippen molar-refractivity contribution in [2.75, 3.05) is 27.3 Å². The molecule has 0 saturated carbocycles. The molecule has 3 aromatic carbocycles. The van der Waals surface area contributed by atoms with Gasteiger partial charge in [-0.05, 0) is 46.5 Å². The lowest BCUT2D eigenvalue weighted by Gasteiger charge is -2.17. The summed E-state index contributed by atoms with van der Waals surface area (Å²) in [5.74, 6) is 1.76. The molecule has 4 aromatic rings. The molecule has 10 nitrogen and oxygen atoms in total. The van der Waals surface area contributed by atoms with E-state index in [0.717, 1.165) is 57.5 Å². The number of ether oxygens (including phenoxy) is 3. The minimum absolute atomic E-state index is 0.0912. The average Bonchev–Trinajstić information content (AvgIpc) is 3.75. The van der Waals surface area contributed by atoms with Crippen LogP contribution in [0, 0.1) is 0 Å². The number of carbonyl (C=O) groups is 2. The maximum atomic E-state index is 11.5. The molecule has 6 rings (SSSR count). The Bertz CT molecular complexity index is 1910. The minimum atomic E-state index is 0.0912. The van der Waals surface area contributed by atoms with E-state index in [2.05, 4.69) is 42.2 Å². The van der Waals surface area contributed by atoms with Gasteiger partial charge in [0.15, 0.2) is 0 Å². The molecule has 2 aliphatic rings. The van der Waals surface area contributed by atoms with Gasteiger partial charge in [0.2, 0.25) is 23.6 Å². The highest BCUT2D eigenvalue weighted by Gasteiger charge is 2.22. The van der Waals surface area contributed by atoms with Crippen LogP contribution in [-0.2, 0) is 29.3 Å². The molecule has 2 fully saturated rings. The molecule has 2 amide bonds. The zero-order valence-corrected chi connectivity index (χ0v) is 31.5. The number of hydrogen-bond donors (Lipinski definition) is 4. The number of hydrogen-bond acceptors (Lipinski definition) is 8. The fourth-order valence-electron chi connectivity index (χ4n) is 6.39. The van der Waals surface area contributed by atoms with Gasteiger partial charge in [0, 0.05) is 84.5 Å². The lowest BCUT2D eigenvalue weighted by molar-refractivity contribution is -0.120. The van der Waals surface area contributed by atoms with Crippen LogP contribution in [-0.4, -0.2) is 56.2 Å². The summed E-state index contributed by atoms with van der Waals surface area (Å²) < 4.78 is 18.1. The zero-order valence-electron chi connectivity index (χ0n) is 28.4. The molecule has 0 bridgehead atoms. The summed E-state index contributed by atoms with van der Waals surface area (Å²) in [6.07, 6.45) is 2.82.